The zero-order chi connectivity index (χ0) is 8.81. The number of alkyl halides is 1. The maximum absolute atomic E-state index is 10.0. The molecule has 0 spiro atoms. The molecule has 1 aromatic rings. The van der Waals surface area contributed by atoms with Crippen LogP contribution in [0.15, 0.2) is 24.3 Å². The third-order valence-electron chi connectivity index (χ3n) is 1.42. The Kier molecular flexibility index (Phi) is 3.80. The number of ether oxygens (including phenoxy) is 1. The normalized spacial score (nSPS) is 9.42. The van der Waals surface area contributed by atoms with Crippen molar-refractivity contribution in [1.82, 2.24) is 0 Å². The van der Waals surface area contributed by atoms with Gasteiger partial charge in [0.05, 0.1) is 0 Å². The van der Waals surface area contributed by atoms with Crippen molar-refractivity contribution < 1.29 is 9.53 Å². The van der Waals surface area contributed by atoms with Crippen LogP contribution in [0.2, 0.25) is 0 Å². The topological polar surface area (TPSA) is 26.3 Å². The minimum atomic E-state index is 0.342. The molecule has 63 valence electrons. The van der Waals surface area contributed by atoms with Crippen LogP contribution in [-0.2, 0) is 11.2 Å². The molecule has 0 heterocycles. The monoisotopic (exact) mass is 227 g/mol. The summed E-state index contributed by atoms with van der Waals surface area (Å²) in [6.45, 7) is 0. The fourth-order valence-corrected chi connectivity index (χ4v) is 1.11. The maximum atomic E-state index is 10.0. The van der Waals surface area contributed by atoms with Crippen LogP contribution >= 0.6 is 15.9 Å². The summed E-state index contributed by atoms with van der Waals surface area (Å²) >= 11 is 3.15. The van der Waals surface area contributed by atoms with E-state index in [2.05, 4.69) is 15.9 Å². The van der Waals surface area contributed by atoms with Crippen molar-refractivity contribution in [2.75, 3.05) is 5.52 Å². The lowest BCUT2D eigenvalue weighted by atomic mass is 10.2. The first-order chi connectivity index (χ1) is 5.86. The standard InChI is InChI=1S/C9H8BrO2/c10-7-12-9-3-1-8(2-4-9)5-6-11/h1-4H,5,7H2. The summed E-state index contributed by atoms with van der Waals surface area (Å²) in [5.41, 5.74) is 1.43. The minimum Gasteiger partial charge on any atom is -0.482 e. The van der Waals surface area contributed by atoms with Gasteiger partial charge in [0.2, 0.25) is 6.29 Å². The van der Waals surface area contributed by atoms with Crippen LogP contribution in [0.3, 0.4) is 0 Å². The van der Waals surface area contributed by atoms with Gasteiger partial charge < -0.3 is 4.74 Å². The molecule has 0 saturated carbocycles. The summed E-state index contributed by atoms with van der Waals surface area (Å²) in [6, 6.07) is 7.35. The predicted octanol–water partition coefficient (Wildman–Crippen LogP) is 2.07. The molecule has 12 heavy (non-hydrogen) atoms. The van der Waals surface area contributed by atoms with E-state index in [0.717, 1.165) is 11.3 Å². The second-order valence-corrected chi connectivity index (χ2v) is 2.68. The smallest absolute Gasteiger partial charge is 0.203 e. The van der Waals surface area contributed by atoms with Gasteiger partial charge in [0.25, 0.3) is 0 Å². The lowest BCUT2D eigenvalue weighted by Gasteiger charge is -2.01. The van der Waals surface area contributed by atoms with E-state index in [4.69, 9.17) is 4.74 Å². The summed E-state index contributed by atoms with van der Waals surface area (Å²) in [6.07, 6.45) is 2.18. The van der Waals surface area contributed by atoms with E-state index in [-0.39, 0.29) is 0 Å². The van der Waals surface area contributed by atoms with Crippen molar-refractivity contribution in [3.8, 4) is 5.75 Å². The second-order valence-electron chi connectivity index (χ2n) is 2.22. The van der Waals surface area contributed by atoms with Crippen LogP contribution in [0.1, 0.15) is 5.56 Å². The van der Waals surface area contributed by atoms with Gasteiger partial charge in [-0.1, -0.05) is 12.1 Å². The average molecular weight is 228 g/mol. The Balaban J connectivity index is 2.64. The minimum absolute atomic E-state index is 0.342. The molecule has 0 N–H and O–H groups in total. The van der Waals surface area contributed by atoms with Crippen molar-refractivity contribution >= 4 is 22.2 Å². The predicted molar refractivity (Wildman–Crippen MR) is 50.3 cm³/mol. The lowest BCUT2D eigenvalue weighted by molar-refractivity contribution is 0.398. The number of rotatable bonds is 4. The molecule has 0 aliphatic heterocycles. The van der Waals surface area contributed by atoms with Gasteiger partial charge in [0.15, 0.2) is 0 Å². The van der Waals surface area contributed by atoms with E-state index >= 15 is 0 Å². The molecular formula is C9H8BrO2. The van der Waals surface area contributed by atoms with Gasteiger partial charge in [-0.15, -0.1) is 0 Å². The Morgan fingerprint density at radius 2 is 2.00 bits per heavy atom. The van der Waals surface area contributed by atoms with E-state index < -0.39 is 0 Å². The van der Waals surface area contributed by atoms with E-state index in [1.807, 2.05) is 30.6 Å². The third kappa shape index (κ3) is 2.66. The summed E-state index contributed by atoms with van der Waals surface area (Å²) < 4.78 is 5.16. The highest BCUT2D eigenvalue weighted by atomic mass is 79.9. The number of hydrogen-bond acceptors (Lipinski definition) is 2. The van der Waals surface area contributed by atoms with Crippen molar-refractivity contribution in [3.63, 3.8) is 0 Å². The van der Waals surface area contributed by atoms with Crippen LogP contribution in [-0.4, -0.2) is 11.8 Å². The van der Waals surface area contributed by atoms with Gasteiger partial charge in [0, 0.05) is 6.42 Å². The first-order valence-corrected chi connectivity index (χ1v) is 4.61. The number of carbonyl (C=O) groups excluding carboxylic acids is 1. The molecule has 0 unspecified atom stereocenters. The van der Waals surface area contributed by atoms with Gasteiger partial charge in [-0.2, -0.15) is 0 Å². The molecule has 0 bridgehead atoms. The highest BCUT2D eigenvalue weighted by Gasteiger charge is 1.93. The van der Waals surface area contributed by atoms with Gasteiger partial charge in [0.1, 0.15) is 11.3 Å². The molecule has 0 atom stereocenters. The molecule has 1 radical (unpaired) electrons. The van der Waals surface area contributed by atoms with Crippen LogP contribution in [0.4, 0.5) is 0 Å². The van der Waals surface area contributed by atoms with Crippen LogP contribution < -0.4 is 4.74 Å². The molecule has 2 nitrogen and oxygen atoms in total. The molecular weight excluding hydrogens is 220 g/mol. The van der Waals surface area contributed by atoms with Crippen molar-refractivity contribution in [3.05, 3.63) is 29.8 Å². The molecule has 1 rings (SSSR count). The van der Waals surface area contributed by atoms with Gasteiger partial charge in [-0.25, -0.2) is 0 Å². The Morgan fingerprint density at radius 3 is 2.50 bits per heavy atom. The SMILES string of the molecule is O=[C]Cc1ccc(OCBr)cc1. The number of halogens is 1. The van der Waals surface area contributed by atoms with Crippen LogP contribution in [0.5, 0.6) is 5.75 Å². The quantitative estimate of drug-likeness (QED) is 0.737. The Morgan fingerprint density at radius 1 is 1.33 bits per heavy atom. The first-order valence-electron chi connectivity index (χ1n) is 3.49. The molecule has 0 aromatic heterocycles. The summed E-state index contributed by atoms with van der Waals surface area (Å²) in [5, 5.41) is 0. The fraction of sp³-hybridized carbons (Fsp3) is 0.222. The third-order valence-corrected chi connectivity index (χ3v) is 1.65. The van der Waals surface area contributed by atoms with E-state index in [0.29, 0.717) is 11.9 Å². The molecule has 0 fully saturated rings. The van der Waals surface area contributed by atoms with Crippen LogP contribution in [0.25, 0.3) is 0 Å². The largest absolute Gasteiger partial charge is 0.482 e. The fourth-order valence-electron chi connectivity index (χ4n) is 0.850. The average Bonchev–Trinajstić information content (AvgIpc) is 2.09. The number of hydrogen-bond donors (Lipinski definition) is 0. The highest BCUT2D eigenvalue weighted by Crippen LogP contribution is 2.12. The molecule has 0 aliphatic carbocycles. The van der Waals surface area contributed by atoms with Gasteiger partial charge in [-0.05, 0) is 33.6 Å². The highest BCUT2D eigenvalue weighted by molar-refractivity contribution is 9.09. The molecule has 0 aliphatic rings. The van der Waals surface area contributed by atoms with Crippen LogP contribution in [0, 0.1) is 0 Å². The van der Waals surface area contributed by atoms with Gasteiger partial charge in [-0.3, -0.25) is 4.79 Å². The van der Waals surface area contributed by atoms with E-state index in [1.165, 1.54) is 0 Å². The summed E-state index contributed by atoms with van der Waals surface area (Å²) in [4.78, 5) is 10.0. The van der Waals surface area contributed by atoms with Crippen molar-refractivity contribution in [2.24, 2.45) is 0 Å². The van der Waals surface area contributed by atoms with Gasteiger partial charge >= 0.3 is 0 Å². The molecule has 0 saturated heterocycles. The lowest BCUT2D eigenvalue weighted by Crippen LogP contribution is -1.89. The zero-order valence-electron chi connectivity index (χ0n) is 6.42. The zero-order valence-corrected chi connectivity index (χ0v) is 8.00. The molecule has 3 heteroatoms. The summed E-state index contributed by atoms with van der Waals surface area (Å²) in [5.74, 6) is 0.793. The molecule has 0 amide bonds. The Bertz CT molecular complexity index is 243. The van der Waals surface area contributed by atoms with Crippen molar-refractivity contribution in [1.29, 1.82) is 0 Å². The van der Waals surface area contributed by atoms with E-state index in [9.17, 15) is 4.79 Å². The Hall–Kier alpha value is -0.830. The number of benzene rings is 1. The van der Waals surface area contributed by atoms with E-state index in [1.54, 1.807) is 0 Å². The summed E-state index contributed by atoms with van der Waals surface area (Å²) in [7, 11) is 0. The van der Waals surface area contributed by atoms with Crippen molar-refractivity contribution in [2.45, 2.75) is 6.42 Å². The molecule has 1 aromatic carbocycles. The Labute approximate surface area is 79.7 Å². The second kappa shape index (κ2) is 4.93. The maximum Gasteiger partial charge on any atom is 0.203 e. The first kappa shape index (κ1) is 9.26.